The molecule has 4 amide bonds. The van der Waals surface area contributed by atoms with Crippen LogP contribution in [0.5, 0.6) is 23.0 Å². The van der Waals surface area contributed by atoms with Crippen LogP contribution in [0.25, 0.3) is 0 Å². The molecule has 8 nitrogen and oxygen atoms in total. The molecule has 0 aromatic heterocycles. The maximum absolute atomic E-state index is 13.6. The molecule has 0 N–H and O–H groups in total. The van der Waals surface area contributed by atoms with Crippen molar-refractivity contribution in [3.63, 3.8) is 0 Å². The molecular formula is C41H28N2O6. The predicted octanol–water partition coefficient (Wildman–Crippen LogP) is 8.23. The normalized spacial score (nSPS) is 15.7. The van der Waals surface area contributed by atoms with Crippen molar-refractivity contribution in [2.45, 2.75) is 6.42 Å². The van der Waals surface area contributed by atoms with Crippen LogP contribution in [-0.2, 0) is 16.0 Å². The standard InChI is InChI=1S/C41H28N2O6/c1-2-9-34-35(39(45)42(38(34)44)28-16-20-32(21-17-28)48-30-10-5-3-6-11-30)24-14-27-15-25-36-37(26-27)41(47)43(40(36)46)29-18-22-33(23-19-29)49-31-12-7-4-8-13-31/h2-13,15-26H,1,14H2/b34-9+,35-24+. The van der Waals surface area contributed by atoms with Crippen LogP contribution in [0.15, 0.2) is 163 Å². The zero-order valence-corrected chi connectivity index (χ0v) is 26.1. The van der Waals surface area contributed by atoms with Crippen molar-refractivity contribution in [3.8, 4) is 23.0 Å². The molecule has 2 heterocycles. The fourth-order valence-electron chi connectivity index (χ4n) is 5.72. The first-order valence-corrected chi connectivity index (χ1v) is 15.5. The molecule has 1 saturated heterocycles. The van der Waals surface area contributed by atoms with E-state index in [4.69, 9.17) is 9.47 Å². The lowest BCUT2D eigenvalue weighted by molar-refractivity contribution is -0.119. The number of rotatable bonds is 9. The van der Waals surface area contributed by atoms with E-state index < -0.39 is 23.6 Å². The van der Waals surface area contributed by atoms with Gasteiger partial charge in [-0.3, -0.25) is 19.2 Å². The molecule has 49 heavy (non-hydrogen) atoms. The highest BCUT2D eigenvalue weighted by molar-refractivity contribution is 6.37. The van der Waals surface area contributed by atoms with Crippen LogP contribution in [-0.4, -0.2) is 23.6 Å². The molecule has 0 unspecified atom stereocenters. The molecule has 0 radical (unpaired) electrons. The summed E-state index contributed by atoms with van der Waals surface area (Å²) in [5.41, 5.74) is 2.50. The molecule has 5 aromatic rings. The molecule has 8 heteroatoms. The topological polar surface area (TPSA) is 93.2 Å². The minimum atomic E-state index is -0.479. The maximum Gasteiger partial charge on any atom is 0.266 e. The van der Waals surface area contributed by atoms with Crippen molar-refractivity contribution in [2.24, 2.45) is 0 Å². The van der Waals surface area contributed by atoms with Gasteiger partial charge in [0.25, 0.3) is 23.6 Å². The predicted molar refractivity (Wildman–Crippen MR) is 186 cm³/mol. The number of ether oxygens (including phenoxy) is 2. The van der Waals surface area contributed by atoms with Gasteiger partial charge in [0.05, 0.1) is 28.1 Å². The maximum atomic E-state index is 13.6. The first-order chi connectivity index (χ1) is 23.9. The van der Waals surface area contributed by atoms with Crippen LogP contribution >= 0.6 is 0 Å². The quantitative estimate of drug-likeness (QED) is 0.119. The molecule has 0 spiro atoms. The summed E-state index contributed by atoms with van der Waals surface area (Å²) in [6, 6.07) is 37.0. The van der Waals surface area contributed by atoms with Crippen LogP contribution in [0.3, 0.4) is 0 Å². The smallest absolute Gasteiger partial charge is 0.266 e. The van der Waals surface area contributed by atoms with Gasteiger partial charge in [-0.05, 0) is 103 Å². The Morgan fingerprint density at radius 3 is 1.51 bits per heavy atom. The third-order valence-electron chi connectivity index (χ3n) is 8.08. The summed E-state index contributed by atoms with van der Waals surface area (Å²) in [5.74, 6) is 0.639. The summed E-state index contributed by atoms with van der Waals surface area (Å²) in [6.07, 6.45) is 4.87. The minimum absolute atomic E-state index is 0.211. The van der Waals surface area contributed by atoms with Crippen molar-refractivity contribution in [1.29, 1.82) is 0 Å². The fraction of sp³-hybridized carbons (Fsp3) is 0.0244. The van der Waals surface area contributed by atoms with Gasteiger partial charge >= 0.3 is 0 Å². The Kier molecular flexibility index (Phi) is 8.26. The molecule has 0 bridgehead atoms. The Balaban J connectivity index is 1.08. The Bertz CT molecular complexity index is 2170. The zero-order chi connectivity index (χ0) is 33.9. The molecule has 1 fully saturated rings. The first-order valence-electron chi connectivity index (χ1n) is 15.5. The van der Waals surface area contributed by atoms with E-state index in [1.807, 2.05) is 60.7 Å². The van der Waals surface area contributed by atoms with Crippen LogP contribution < -0.4 is 19.3 Å². The highest BCUT2D eigenvalue weighted by Gasteiger charge is 2.40. The number of nitrogens with zero attached hydrogens (tertiary/aromatic N) is 2. The number of allylic oxidation sites excluding steroid dienone is 3. The van der Waals surface area contributed by atoms with Gasteiger partial charge in [-0.15, -0.1) is 0 Å². The lowest BCUT2D eigenvalue weighted by Gasteiger charge is -2.14. The average molecular weight is 645 g/mol. The molecule has 0 saturated carbocycles. The van der Waals surface area contributed by atoms with Gasteiger partial charge in [-0.25, -0.2) is 9.80 Å². The monoisotopic (exact) mass is 644 g/mol. The second-order valence-corrected chi connectivity index (χ2v) is 11.2. The highest BCUT2D eigenvalue weighted by atomic mass is 16.5. The van der Waals surface area contributed by atoms with Gasteiger partial charge in [0.15, 0.2) is 0 Å². The summed E-state index contributed by atoms with van der Waals surface area (Å²) in [7, 11) is 0. The van der Waals surface area contributed by atoms with Gasteiger partial charge in [0.1, 0.15) is 23.0 Å². The Morgan fingerprint density at radius 1 is 0.510 bits per heavy atom. The molecule has 2 aliphatic heterocycles. The van der Waals surface area contributed by atoms with E-state index in [2.05, 4.69) is 6.58 Å². The van der Waals surface area contributed by atoms with Crippen LogP contribution in [0.4, 0.5) is 11.4 Å². The van der Waals surface area contributed by atoms with E-state index in [9.17, 15) is 19.2 Å². The van der Waals surface area contributed by atoms with Crippen LogP contribution in [0.2, 0.25) is 0 Å². The number of benzene rings is 5. The third-order valence-corrected chi connectivity index (χ3v) is 8.08. The molecule has 2 aliphatic rings. The number of hydrogen-bond acceptors (Lipinski definition) is 6. The summed E-state index contributed by atoms with van der Waals surface area (Å²) < 4.78 is 11.7. The van der Waals surface area contributed by atoms with Crippen molar-refractivity contribution in [3.05, 3.63) is 180 Å². The number of carbonyl (C=O) groups excluding carboxylic acids is 4. The van der Waals surface area contributed by atoms with E-state index in [1.54, 1.807) is 72.8 Å². The minimum Gasteiger partial charge on any atom is -0.457 e. The van der Waals surface area contributed by atoms with E-state index in [0.717, 1.165) is 9.80 Å². The van der Waals surface area contributed by atoms with Crippen molar-refractivity contribution < 1.29 is 28.7 Å². The average Bonchev–Trinajstić information content (AvgIpc) is 3.51. The lowest BCUT2D eigenvalue weighted by Crippen LogP contribution is -2.29. The molecule has 7 rings (SSSR count). The van der Waals surface area contributed by atoms with Crippen molar-refractivity contribution in [2.75, 3.05) is 9.80 Å². The Morgan fingerprint density at radius 2 is 0.980 bits per heavy atom. The van der Waals surface area contributed by atoms with Gasteiger partial charge in [-0.1, -0.05) is 61.2 Å². The second kappa shape index (κ2) is 13.1. The highest BCUT2D eigenvalue weighted by Crippen LogP contribution is 2.34. The van der Waals surface area contributed by atoms with Crippen molar-refractivity contribution >= 4 is 35.0 Å². The van der Waals surface area contributed by atoms with Crippen LogP contribution in [0, 0.1) is 0 Å². The van der Waals surface area contributed by atoms with E-state index in [1.165, 1.54) is 12.2 Å². The third kappa shape index (κ3) is 6.06. The molecule has 238 valence electrons. The Hall–Kier alpha value is -6.80. The summed E-state index contributed by atoms with van der Waals surface area (Å²) in [5, 5.41) is 0. The molecule has 0 aliphatic carbocycles. The SMILES string of the molecule is C=C/C=C1/C(=O)N(c2ccc(Oc3ccccc3)cc2)C(=O)/C1=C/Cc1ccc2c(c1)C(=O)N(c1ccc(Oc3ccccc3)cc1)C2=O. The van der Waals surface area contributed by atoms with Crippen molar-refractivity contribution in [1.82, 2.24) is 0 Å². The molecule has 0 atom stereocenters. The number of anilines is 2. The lowest BCUT2D eigenvalue weighted by atomic mass is 10.0. The number of para-hydroxylation sites is 2. The summed E-state index contributed by atoms with van der Waals surface area (Å²) in [6.45, 7) is 3.71. The summed E-state index contributed by atoms with van der Waals surface area (Å²) in [4.78, 5) is 56.1. The largest absolute Gasteiger partial charge is 0.457 e. The number of amides is 4. The van der Waals surface area contributed by atoms with Gasteiger partial charge < -0.3 is 9.47 Å². The van der Waals surface area contributed by atoms with E-state index in [-0.39, 0.29) is 28.7 Å². The van der Waals surface area contributed by atoms with E-state index in [0.29, 0.717) is 39.9 Å². The number of fused-ring (bicyclic) bond motifs is 1. The number of hydrogen-bond donors (Lipinski definition) is 0. The first kappa shape index (κ1) is 30.8. The second-order valence-electron chi connectivity index (χ2n) is 11.2. The zero-order valence-electron chi connectivity index (χ0n) is 26.1. The van der Waals surface area contributed by atoms with E-state index >= 15 is 0 Å². The number of imide groups is 2. The number of carbonyl (C=O) groups is 4. The van der Waals surface area contributed by atoms with Gasteiger partial charge in [-0.2, -0.15) is 0 Å². The molecule has 5 aromatic carbocycles. The fourth-order valence-corrected chi connectivity index (χ4v) is 5.72. The Labute approximate surface area is 282 Å². The van der Waals surface area contributed by atoms with Gasteiger partial charge in [0.2, 0.25) is 0 Å². The molecular weight excluding hydrogens is 616 g/mol. The van der Waals surface area contributed by atoms with Gasteiger partial charge in [0, 0.05) is 5.57 Å². The van der Waals surface area contributed by atoms with Crippen LogP contribution in [0.1, 0.15) is 26.3 Å². The summed E-state index contributed by atoms with van der Waals surface area (Å²) >= 11 is 0.